The van der Waals surface area contributed by atoms with Crippen molar-refractivity contribution in [1.29, 1.82) is 0 Å². The number of carbonyl (C=O) groups is 1. The van der Waals surface area contributed by atoms with E-state index in [0.29, 0.717) is 19.2 Å². The van der Waals surface area contributed by atoms with Gasteiger partial charge in [0.1, 0.15) is 22.8 Å². The maximum atomic E-state index is 13.8. The molecule has 1 aromatic heterocycles. The molecule has 0 radical (unpaired) electrons. The smallest absolute Gasteiger partial charge is 0.435 e. The molecule has 0 unspecified atom stereocenters. The van der Waals surface area contributed by atoms with Gasteiger partial charge in [-0.2, -0.15) is 49.0 Å². The molecule has 5 nitrogen and oxygen atoms in total. The summed E-state index contributed by atoms with van der Waals surface area (Å²) in [5.74, 6) is -9.58. The molecule has 178 valence electrons. The van der Waals surface area contributed by atoms with Crippen LogP contribution in [0.1, 0.15) is 27.3 Å². The number of aromatic nitrogens is 2. The van der Waals surface area contributed by atoms with Crippen LogP contribution in [0, 0.1) is 5.82 Å². The van der Waals surface area contributed by atoms with E-state index in [-0.39, 0.29) is 4.68 Å². The third kappa shape index (κ3) is 5.04. The Kier molecular flexibility index (Phi) is 6.66. The Bertz CT molecular complexity index is 996. The first-order valence-corrected chi connectivity index (χ1v) is 8.07. The highest BCUT2D eigenvalue weighted by atomic mass is 19.4. The highest BCUT2D eigenvalue weighted by Gasteiger charge is 2.64. The number of nitrogens with one attached hydrogen (secondary N) is 1. The van der Waals surface area contributed by atoms with Gasteiger partial charge in [0.05, 0.1) is 0 Å². The number of halogens is 11. The van der Waals surface area contributed by atoms with Crippen LogP contribution in [0.2, 0.25) is 0 Å². The van der Waals surface area contributed by atoms with Crippen molar-refractivity contribution in [3.05, 3.63) is 46.5 Å². The topological polar surface area (TPSA) is 56.2 Å². The zero-order valence-electron chi connectivity index (χ0n) is 15.4. The number of benzene rings is 1. The predicted octanol–water partition coefficient (Wildman–Crippen LogP) is 4.76. The van der Waals surface area contributed by atoms with Crippen LogP contribution < -0.4 is 10.1 Å². The zero-order valence-corrected chi connectivity index (χ0v) is 15.4. The van der Waals surface area contributed by atoms with Crippen LogP contribution in [0.5, 0.6) is 5.75 Å². The molecule has 0 aliphatic rings. The van der Waals surface area contributed by atoms with Crippen molar-refractivity contribution in [2.75, 3.05) is 0 Å². The van der Waals surface area contributed by atoms with Crippen molar-refractivity contribution in [1.82, 2.24) is 15.1 Å². The van der Waals surface area contributed by atoms with Gasteiger partial charge in [-0.1, -0.05) is 0 Å². The molecule has 2 aromatic rings. The number of ether oxygens (including phenoxy) is 1. The van der Waals surface area contributed by atoms with E-state index in [9.17, 15) is 53.1 Å². The van der Waals surface area contributed by atoms with Crippen molar-refractivity contribution >= 4 is 5.91 Å². The number of aryl methyl sites for hydroxylation is 1. The normalized spacial score (nSPS) is 12.9. The summed E-state index contributed by atoms with van der Waals surface area (Å²) in [6, 6.07) is 2.08. The number of hydrogen-bond acceptors (Lipinski definition) is 3. The molecule has 0 aliphatic heterocycles. The molecule has 16 heteroatoms. The zero-order chi connectivity index (χ0) is 24.6. The number of carbonyl (C=O) groups excluding carboxylic acids is 1. The minimum absolute atomic E-state index is 0.139. The summed E-state index contributed by atoms with van der Waals surface area (Å²) >= 11 is 0. The second kappa shape index (κ2) is 8.46. The van der Waals surface area contributed by atoms with Gasteiger partial charge in [0, 0.05) is 19.2 Å². The number of hydrogen-bond donors (Lipinski definition) is 1. The Morgan fingerprint density at radius 3 is 2.22 bits per heavy atom. The van der Waals surface area contributed by atoms with E-state index in [4.69, 9.17) is 0 Å². The van der Waals surface area contributed by atoms with Gasteiger partial charge in [0.15, 0.2) is 5.69 Å². The lowest BCUT2D eigenvalue weighted by atomic mass is 10.1. The minimum Gasteiger partial charge on any atom is -0.435 e. The predicted molar refractivity (Wildman–Crippen MR) is 82.4 cm³/mol. The van der Waals surface area contributed by atoms with Crippen LogP contribution in [0.4, 0.5) is 48.3 Å². The lowest BCUT2D eigenvalue weighted by Crippen LogP contribution is -2.36. The molecule has 2 rings (SSSR count). The molecule has 0 aliphatic carbocycles. The first-order valence-electron chi connectivity index (χ1n) is 8.07. The summed E-state index contributed by atoms with van der Waals surface area (Å²) in [6.45, 7) is -4.26. The molecule has 0 saturated carbocycles. The van der Waals surface area contributed by atoms with Gasteiger partial charge in [-0.3, -0.25) is 9.48 Å². The summed E-state index contributed by atoms with van der Waals surface area (Å²) < 4.78 is 147. The van der Waals surface area contributed by atoms with Crippen LogP contribution in [-0.4, -0.2) is 28.5 Å². The third-order valence-corrected chi connectivity index (χ3v) is 3.88. The van der Waals surface area contributed by atoms with E-state index in [1.54, 1.807) is 5.32 Å². The number of amides is 1. The molecule has 0 atom stereocenters. The van der Waals surface area contributed by atoms with Crippen molar-refractivity contribution in [3.63, 3.8) is 0 Å². The monoisotopic (exact) mass is 485 g/mol. The van der Waals surface area contributed by atoms with Crippen LogP contribution >= 0.6 is 0 Å². The lowest BCUT2D eigenvalue weighted by Gasteiger charge is -2.19. The van der Waals surface area contributed by atoms with Crippen LogP contribution in [0.3, 0.4) is 0 Å². The second-order valence-corrected chi connectivity index (χ2v) is 6.08. The van der Waals surface area contributed by atoms with E-state index >= 15 is 0 Å². The standard InChI is InChI=1S/C16H10F11N3O2/c1-30-10(9(15(22,23)24)11(29-30)14(20,21)16(25,26)27)12(31)28-5-6-4-7(32-13(18)19)2-3-8(6)17/h2-4,13H,5H2,1H3,(H,28,31). The molecular formula is C16H10F11N3O2. The van der Waals surface area contributed by atoms with Crippen LogP contribution in [0.15, 0.2) is 18.2 Å². The number of alkyl halides is 10. The van der Waals surface area contributed by atoms with Gasteiger partial charge in [-0.15, -0.1) is 0 Å². The molecule has 0 saturated heterocycles. The first kappa shape index (κ1) is 25.2. The molecule has 0 spiro atoms. The highest BCUT2D eigenvalue weighted by Crippen LogP contribution is 2.48. The summed E-state index contributed by atoms with van der Waals surface area (Å²) in [5, 5.41) is 4.23. The summed E-state index contributed by atoms with van der Waals surface area (Å²) in [4.78, 5) is 12.2. The number of nitrogens with zero attached hydrogens (tertiary/aromatic N) is 2. The Morgan fingerprint density at radius 1 is 1.12 bits per heavy atom. The quantitative estimate of drug-likeness (QED) is 0.601. The van der Waals surface area contributed by atoms with Gasteiger partial charge in [-0.25, -0.2) is 4.39 Å². The Hall–Kier alpha value is -3.07. The molecule has 1 aromatic carbocycles. The SMILES string of the molecule is Cn1nc(C(F)(F)C(F)(F)F)c(C(F)(F)F)c1C(=O)NCc1cc(OC(F)F)ccc1F. The Balaban J connectivity index is 2.44. The Labute approximate surface area is 170 Å². The van der Waals surface area contributed by atoms with Crippen molar-refractivity contribution in [3.8, 4) is 5.75 Å². The fraction of sp³-hybridized carbons (Fsp3) is 0.375. The average molecular weight is 485 g/mol. The average Bonchev–Trinajstić information content (AvgIpc) is 2.99. The van der Waals surface area contributed by atoms with Gasteiger partial charge in [0.2, 0.25) is 0 Å². The molecule has 0 fully saturated rings. The summed E-state index contributed by atoms with van der Waals surface area (Å²) in [6.07, 6.45) is -12.3. The molecular weight excluding hydrogens is 475 g/mol. The van der Waals surface area contributed by atoms with E-state index in [1.807, 2.05) is 0 Å². The fourth-order valence-electron chi connectivity index (χ4n) is 2.53. The summed E-state index contributed by atoms with van der Waals surface area (Å²) in [5.41, 5.74) is -7.66. The molecule has 0 bridgehead atoms. The Morgan fingerprint density at radius 2 is 1.72 bits per heavy atom. The third-order valence-electron chi connectivity index (χ3n) is 3.88. The van der Waals surface area contributed by atoms with Gasteiger partial charge in [-0.05, 0) is 18.2 Å². The highest BCUT2D eigenvalue weighted by molar-refractivity contribution is 5.94. The fourth-order valence-corrected chi connectivity index (χ4v) is 2.53. The van der Waals surface area contributed by atoms with Gasteiger partial charge in [0.25, 0.3) is 5.91 Å². The van der Waals surface area contributed by atoms with Crippen molar-refractivity contribution in [2.24, 2.45) is 7.05 Å². The number of rotatable bonds is 6. The van der Waals surface area contributed by atoms with E-state index < -0.39 is 71.4 Å². The van der Waals surface area contributed by atoms with E-state index in [1.165, 1.54) is 0 Å². The first-order chi connectivity index (χ1) is 14.5. The van der Waals surface area contributed by atoms with Gasteiger partial charge < -0.3 is 10.1 Å². The lowest BCUT2D eigenvalue weighted by molar-refractivity contribution is -0.292. The minimum atomic E-state index is -6.45. The maximum Gasteiger partial charge on any atom is 0.459 e. The molecule has 1 heterocycles. The van der Waals surface area contributed by atoms with Gasteiger partial charge >= 0.3 is 24.9 Å². The molecule has 1 N–H and O–H groups in total. The molecule has 1 amide bonds. The van der Waals surface area contributed by atoms with Crippen molar-refractivity contribution in [2.45, 2.75) is 31.4 Å². The van der Waals surface area contributed by atoms with Crippen molar-refractivity contribution < 1.29 is 57.8 Å². The van der Waals surface area contributed by atoms with E-state index in [2.05, 4.69) is 9.84 Å². The second-order valence-electron chi connectivity index (χ2n) is 6.08. The van der Waals surface area contributed by atoms with E-state index in [0.717, 1.165) is 6.07 Å². The maximum absolute atomic E-state index is 13.8. The molecule has 32 heavy (non-hydrogen) atoms. The largest absolute Gasteiger partial charge is 0.459 e. The summed E-state index contributed by atoms with van der Waals surface area (Å²) in [7, 11) is 0.512. The van der Waals surface area contributed by atoms with Crippen LogP contribution in [0.25, 0.3) is 0 Å². The van der Waals surface area contributed by atoms with Crippen LogP contribution in [-0.2, 0) is 25.7 Å².